The summed E-state index contributed by atoms with van der Waals surface area (Å²) >= 11 is 0. The van der Waals surface area contributed by atoms with Crippen LogP contribution in [-0.4, -0.2) is 34.1 Å². The molecule has 0 saturated heterocycles. The molecule has 72 valence electrons. The molecule has 0 aliphatic rings. The van der Waals surface area contributed by atoms with Crippen molar-refractivity contribution in [1.29, 1.82) is 0 Å². The predicted molar refractivity (Wildman–Crippen MR) is 47.8 cm³/mol. The minimum atomic E-state index is -0.792. The van der Waals surface area contributed by atoms with Gasteiger partial charge < -0.3 is 15.3 Å². The summed E-state index contributed by atoms with van der Waals surface area (Å²) in [6.07, 6.45) is 2.76. The Hall–Kier alpha value is -0.380. The van der Waals surface area contributed by atoms with Gasteiger partial charge in [0, 0.05) is 6.61 Å². The van der Waals surface area contributed by atoms with Gasteiger partial charge in [0.15, 0.2) is 0 Å². The first kappa shape index (κ1) is 11.6. The average Bonchev–Trinajstić information content (AvgIpc) is 2.05. The third-order valence-electron chi connectivity index (χ3n) is 1.78. The van der Waals surface area contributed by atoms with Crippen LogP contribution in [0.2, 0.25) is 0 Å². The highest BCUT2D eigenvalue weighted by Gasteiger charge is 2.14. The summed E-state index contributed by atoms with van der Waals surface area (Å²) in [5, 5.41) is 26.9. The highest BCUT2D eigenvalue weighted by Crippen LogP contribution is 2.07. The normalized spacial score (nSPS) is 15.6. The molecular weight excluding hydrogens is 156 g/mol. The third kappa shape index (κ3) is 5.29. The van der Waals surface area contributed by atoms with E-state index in [-0.39, 0.29) is 13.0 Å². The van der Waals surface area contributed by atoms with Gasteiger partial charge in [-0.1, -0.05) is 6.08 Å². The predicted octanol–water partition coefficient (Wildman–Crippen LogP) is 0.447. The Morgan fingerprint density at radius 1 is 1.17 bits per heavy atom. The Bertz CT molecular complexity index is 114. The SMILES string of the molecule is C=CCCC[C@@H](O)[C@H](O)CCO. The van der Waals surface area contributed by atoms with Gasteiger partial charge in [-0.25, -0.2) is 0 Å². The maximum Gasteiger partial charge on any atom is 0.0820 e. The van der Waals surface area contributed by atoms with E-state index >= 15 is 0 Å². The third-order valence-corrected chi connectivity index (χ3v) is 1.78. The van der Waals surface area contributed by atoms with Crippen molar-refractivity contribution in [3.8, 4) is 0 Å². The second-order valence-electron chi connectivity index (χ2n) is 2.87. The summed E-state index contributed by atoms with van der Waals surface area (Å²) in [6, 6.07) is 0. The molecule has 2 atom stereocenters. The van der Waals surface area contributed by atoms with Crippen LogP contribution in [0, 0.1) is 0 Å². The summed E-state index contributed by atoms with van der Waals surface area (Å²) in [6.45, 7) is 3.47. The molecule has 0 radical (unpaired) electrons. The first-order valence-electron chi connectivity index (χ1n) is 4.30. The van der Waals surface area contributed by atoms with Gasteiger partial charge in [-0.2, -0.15) is 0 Å². The quantitative estimate of drug-likeness (QED) is 0.388. The molecule has 12 heavy (non-hydrogen) atoms. The van der Waals surface area contributed by atoms with Crippen LogP contribution in [0.15, 0.2) is 12.7 Å². The first-order valence-corrected chi connectivity index (χ1v) is 4.30. The molecule has 0 unspecified atom stereocenters. The van der Waals surface area contributed by atoms with Gasteiger partial charge in [0.2, 0.25) is 0 Å². The van der Waals surface area contributed by atoms with E-state index in [4.69, 9.17) is 5.11 Å². The van der Waals surface area contributed by atoms with Crippen molar-refractivity contribution in [1.82, 2.24) is 0 Å². The molecule has 0 fully saturated rings. The molecule has 0 rings (SSSR count). The van der Waals surface area contributed by atoms with Gasteiger partial charge in [-0.15, -0.1) is 6.58 Å². The van der Waals surface area contributed by atoms with Gasteiger partial charge in [0.1, 0.15) is 0 Å². The Labute approximate surface area is 73.4 Å². The molecule has 0 aromatic carbocycles. The van der Waals surface area contributed by atoms with Crippen LogP contribution < -0.4 is 0 Å². The van der Waals surface area contributed by atoms with Crippen molar-refractivity contribution in [3.63, 3.8) is 0 Å². The van der Waals surface area contributed by atoms with Crippen LogP contribution in [0.1, 0.15) is 25.7 Å². The van der Waals surface area contributed by atoms with Gasteiger partial charge in [0.25, 0.3) is 0 Å². The molecular formula is C9H18O3. The summed E-state index contributed by atoms with van der Waals surface area (Å²) in [5.74, 6) is 0. The lowest BCUT2D eigenvalue weighted by Crippen LogP contribution is -2.26. The Morgan fingerprint density at radius 2 is 1.75 bits per heavy atom. The van der Waals surface area contributed by atoms with Gasteiger partial charge >= 0.3 is 0 Å². The van der Waals surface area contributed by atoms with Gasteiger partial charge in [-0.3, -0.25) is 0 Å². The van der Waals surface area contributed by atoms with E-state index in [1.165, 1.54) is 0 Å². The molecule has 0 saturated carbocycles. The van der Waals surface area contributed by atoms with Gasteiger partial charge in [-0.05, 0) is 25.7 Å². The van der Waals surface area contributed by atoms with Crippen molar-refractivity contribution >= 4 is 0 Å². The van der Waals surface area contributed by atoms with Crippen LogP contribution in [0.5, 0.6) is 0 Å². The van der Waals surface area contributed by atoms with E-state index < -0.39 is 12.2 Å². The van der Waals surface area contributed by atoms with Crippen molar-refractivity contribution in [2.24, 2.45) is 0 Å². The van der Waals surface area contributed by atoms with E-state index in [0.717, 1.165) is 12.8 Å². The summed E-state index contributed by atoms with van der Waals surface area (Å²) in [7, 11) is 0. The first-order chi connectivity index (χ1) is 5.72. The highest BCUT2D eigenvalue weighted by atomic mass is 16.3. The minimum absolute atomic E-state index is 0.0836. The Balaban J connectivity index is 3.41. The van der Waals surface area contributed by atoms with E-state index in [9.17, 15) is 10.2 Å². The molecule has 3 N–H and O–H groups in total. The second kappa shape index (κ2) is 7.28. The number of rotatable bonds is 7. The van der Waals surface area contributed by atoms with Crippen LogP contribution in [-0.2, 0) is 0 Å². The highest BCUT2D eigenvalue weighted by molar-refractivity contribution is 4.71. The zero-order valence-electron chi connectivity index (χ0n) is 7.32. The largest absolute Gasteiger partial charge is 0.396 e. The second-order valence-corrected chi connectivity index (χ2v) is 2.87. The molecule has 0 amide bonds. The van der Waals surface area contributed by atoms with Crippen LogP contribution >= 0.6 is 0 Å². The number of hydrogen-bond acceptors (Lipinski definition) is 3. The lowest BCUT2D eigenvalue weighted by Gasteiger charge is -2.15. The molecule has 3 nitrogen and oxygen atoms in total. The number of aliphatic hydroxyl groups is 3. The maximum atomic E-state index is 9.28. The average molecular weight is 174 g/mol. The molecule has 0 aliphatic carbocycles. The zero-order valence-corrected chi connectivity index (χ0v) is 7.32. The fraction of sp³-hybridized carbons (Fsp3) is 0.778. The molecule has 3 heteroatoms. The van der Waals surface area contributed by atoms with E-state index in [1.807, 2.05) is 0 Å². The fourth-order valence-electron chi connectivity index (χ4n) is 0.988. The summed E-state index contributed by atoms with van der Waals surface area (Å²) < 4.78 is 0. The van der Waals surface area contributed by atoms with Crippen LogP contribution in [0.25, 0.3) is 0 Å². The lowest BCUT2D eigenvalue weighted by atomic mass is 10.1. The maximum absolute atomic E-state index is 9.28. The zero-order chi connectivity index (χ0) is 9.40. The Morgan fingerprint density at radius 3 is 2.25 bits per heavy atom. The fourth-order valence-corrected chi connectivity index (χ4v) is 0.988. The summed E-state index contributed by atoms with van der Waals surface area (Å²) in [5.41, 5.74) is 0. The Kier molecular flexibility index (Phi) is 7.05. The topological polar surface area (TPSA) is 60.7 Å². The molecule has 0 aliphatic heterocycles. The number of hydrogen-bond donors (Lipinski definition) is 3. The standard InChI is InChI=1S/C9H18O3/c1-2-3-4-5-8(11)9(12)6-7-10/h2,8-12H,1,3-7H2/t8-,9-/m1/s1. The molecule has 0 aromatic heterocycles. The smallest absolute Gasteiger partial charge is 0.0820 e. The van der Waals surface area contributed by atoms with E-state index in [0.29, 0.717) is 6.42 Å². The van der Waals surface area contributed by atoms with Crippen LogP contribution in [0.4, 0.5) is 0 Å². The van der Waals surface area contributed by atoms with E-state index in [2.05, 4.69) is 6.58 Å². The molecule has 0 spiro atoms. The minimum Gasteiger partial charge on any atom is -0.396 e. The van der Waals surface area contributed by atoms with Crippen molar-refractivity contribution in [3.05, 3.63) is 12.7 Å². The number of aliphatic hydroxyl groups excluding tert-OH is 3. The van der Waals surface area contributed by atoms with Crippen molar-refractivity contribution in [2.75, 3.05) is 6.61 Å². The number of allylic oxidation sites excluding steroid dienone is 1. The lowest BCUT2D eigenvalue weighted by molar-refractivity contribution is 0.000351. The molecule has 0 aromatic rings. The van der Waals surface area contributed by atoms with Gasteiger partial charge in [0.05, 0.1) is 12.2 Å². The molecule has 0 bridgehead atoms. The number of unbranched alkanes of at least 4 members (excludes halogenated alkanes) is 1. The van der Waals surface area contributed by atoms with Crippen molar-refractivity contribution in [2.45, 2.75) is 37.9 Å². The summed E-state index contributed by atoms with van der Waals surface area (Å²) in [4.78, 5) is 0. The van der Waals surface area contributed by atoms with Crippen LogP contribution in [0.3, 0.4) is 0 Å². The van der Waals surface area contributed by atoms with Crippen molar-refractivity contribution < 1.29 is 15.3 Å². The monoisotopic (exact) mass is 174 g/mol. The van der Waals surface area contributed by atoms with E-state index in [1.54, 1.807) is 6.08 Å². The molecule has 0 heterocycles.